The van der Waals surface area contributed by atoms with Crippen molar-refractivity contribution in [3.63, 3.8) is 0 Å². The monoisotopic (exact) mass is 486 g/mol. The first-order valence-electron chi connectivity index (χ1n) is 11.1. The molecule has 2 amide bonds. The van der Waals surface area contributed by atoms with Gasteiger partial charge in [-0.2, -0.15) is 0 Å². The van der Waals surface area contributed by atoms with Gasteiger partial charge in [0.2, 0.25) is 0 Å². The van der Waals surface area contributed by atoms with Gasteiger partial charge >= 0.3 is 0 Å². The summed E-state index contributed by atoms with van der Waals surface area (Å²) in [4.78, 5) is 25.9. The number of methoxy groups -OCH3 is 3. The number of para-hydroxylation sites is 2. The van der Waals surface area contributed by atoms with Crippen LogP contribution in [0.5, 0.6) is 23.0 Å². The molecule has 0 aliphatic heterocycles. The van der Waals surface area contributed by atoms with Gasteiger partial charge in [0.05, 0.1) is 32.6 Å². The molecule has 0 spiro atoms. The fourth-order valence-electron chi connectivity index (χ4n) is 3.67. The van der Waals surface area contributed by atoms with E-state index in [2.05, 4.69) is 10.6 Å². The van der Waals surface area contributed by atoms with Gasteiger partial charge in [-0.15, -0.1) is 0 Å². The average Bonchev–Trinajstić information content (AvgIpc) is 2.91. The van der Waals surface area contributed by atoms with Crippen LogP contribution in [-0.2, 0) is 4.79 Å². The summed E-state index contributed by atoms with van der Waals surface area (Å²) in [5, 5.41) is 7.36. The third-order valence-electron chi connectivity index (χ3n) is 5.44. The Morgan fingerprint density at radius 1 is 0.694 bits per heavy atom. The molecule has 0 unspecified atom stereocenters. The van der Waals surface area contributed by atoms with E-state index in [1.807, 2.05) is 30.3 Å². The molecular weight excluding hydrogens is 460 g/mol. The number of nitrogens with one attached hydrogen (secondary N) is 2. The topological polar surface area (TPSA) is 95.1 Å². The summed E-state index contributed by atoms with van der Waals surface area (Å²) >= 11 is 0. The maximum Gasteiger partial charge on any atom is 0.262 e. The van der Waals surface area contributed by atoms with Crippen LogP contribution in [0.4, 0.5) is 11.4 Å². The number of rotatable bonds is 9. The lowest BCUT2D eigenvalue weighted by Crippen LogP contribution is -2.22. The molecule has 184 valence electrons. The molecule has 4 aromatic rings. The molecule has 4 rings (SSSR count). The van der Waals surface area contributed by atoms with Gasteiger partial charge in [-0.25, -0.2) is 0 Å². The highest BCUT2D eigenvalue weighted by molar-refractivity contribution is 6.09. The largest absolute Gasteiger partial charge is 0.497 e. The van der Waals surface area contributed by atoms with Crippen LogP contribution in [0.2, 0.25) is 0 Å². The molecule has 0 saturated heterocycles. The highest BCUT2D eigenvalue weighted by Crippen LogP contribution is 2.30. The van der Waals surface area contributed by atoms with Gasteiger partial charge in [0.1, 0.15) is 23.0 Å². The predicted molar refractivity (Wildman–Crippen MR) is 139 cm³/mol. The normalized spacial score (nSPS) is 10.4. The van der Waals surface area contributed by atoms with Crippen molar-refractivity contribution in [2.24, 2.45) is 0 Å². The van der Waals surface area contributed by atoms with E-state index in [0.29, 0.717) is 28.6 Å². The summed E-state index contributed by atoms with van der Waals surface area (Å²) < 4.78 is 21.7. The van der Waals surface area contributed by atoms with E-state index < -0.39 is 11.8 Å². The lowest BCUT2D eigenvalue weighted by Gasteiger charge is -2.15. The first-order valence-corrected chi connectivity index (χ1v) is 11.1. The number of anilines is 2. The number of ether oxygens (including phenoxy) is 4. The summed E-state index contributed by atoms with van der Waals surface area (Å²) in [6, 6.07) is 23.2. The summed E-state index contributed by atoms with van der Waals surface area (Å²) in [5.74, 6) is 1.08. The van der Waals surface area contributed by atoms with Gasteiger partial charge in [0.15, 0.2) is 6.61 Å². The van der Waals surface area contributed by atoms with Gasteiger partial charge in [-0.3, -0.25) is 9.59 Å². The zero-order valence-corrected chi connectivity index (χ0v) is 20.2. The molecule has 0 aliphatic carbocycles. The van der Waals surface area contributed by atoms with Gasteiger partial charge in [-0.1, -0.05) is 36.4 Å². The van der Waals surface area contributed by atoms with E-state index in [4.69, 9.17) is 18.9 Å². The Bertz CT molecular complexity index is 1380. The van der Waals surface area contributed by atoms with E-state index in [1.165, 1.54) is 21.3 Å². The smallest absolute Gasteiger partial charge is 0.262 e. The molecule has 8 heteroatoms. The quantitative estimate of drug-likeness (QED) is 0.340. The standard InChI is InChI=1S/C28H26N2O6/c1-33-21-14-20(15-22(16-21)34-2)29-27(31)17-36-26-13-19-9-5-4-8-18(19)12-23(26)28(32)30-24-10-6-7-11-25(24)35-3/h4-16H,17H2,1-3H3,(H,29,31)(H,30,32). The minimum absolute atomic E-state index is 0.277. The number of carbonyl (C=O) groups is 2. The molecule has 36 heavy (non-hydrogen) atoms. The van der Waals surface area contributed by atoms with Crippen LogP contribution < -0.4 is 29.6 Å². The number of benzene rings is 4. The predicted octanol–water partition coefficient (Wildman–Crippen LogP) is 5.14. The minimum Gasteiger partial charge on any atom is -0.497 e. The molecule has 0 aliphatic rings. The van der Waals surface area contributed by atoms with Crippen molar-refractivity contribution < 1.29 is 28.5 Å². The van der Waals surface area contributed by atoms with Gasteiger partial charge in [0.25, 0.3) is 11.8 Å². The lowest BCUT2D eigenvalue weighted by molar-refractivity contribution is -0.118. The summed E-state index contributed by atoms with van der Waals surface area (Å²) in [6.45, 7) is -0.313. The fraction of sp³-hybridized carbons (Fsp3) is 0.143. The molecule has 0 saturated carbocycles. The second-order valence-electron chi connectivity index (χ2n) is 7.79. The van der Waals surface area contributed by atoms with E-state index in [1.54, 1.807) is 48.5 Å². The molecule has 0 aromatic heterocycles. The fourth-order valence-corrected chi connectivity index (χ4v) is 3.67. The third kappa shape index (κ3) is 5.67. The Balaban J connectivity index is 1.56. The SMILES string of the molecule is COc1cc(NC(=O)COc2cc3ccccc3cc2C(=O)Nc2ccccc2OC)cc(OC)c1. The van der Waals surface area contributed by atoms with Crippen LogP contribution in [0.15, 0.2) is 78.9 Å². The van der Waals surface area contributed by atoms with E-state index in [-0.39, 0.29) is 17.9 Å². The Kier molecular flexibility index (Phi) is 7.55. The first-order chi connectivity index (χ1) is 17.5. The molecule has 0 atom stereocenters. The molecule has 4 aromatic carbocycles. The Morgan fingerprint density at radius 3 is 2.00 bits per heavy atom. The van der Waals surface area contributed by atoms with Crippen LogP contribution in [-0.4, -0.2) is 39.8 Å². The van der Waals surface area contributed by atoms with Crippen LogP contribution in [0, 0.1) is 0 Å². The minimum atomic E-state index is -0.408. The zero-order chi connectivity index (χ0) is 25.5. The van der Waals surface area contributed by atoms with Crippen molar-refractivity contribution in [2.75, 3.05) is 38.6 Å². The first kappa shape index (κ1) is 24.4. The van der Waals surface area contributed by atoms with E-state index in [9.17, 15) is 9.59 Å². The third-order valence-corrected chi connectivity index (χ3v) is 5.44. The Labute approximate surface area is 208 Å². The molecule has 8 nitrogen and oxygen atoms in total. The van der Waals surface area contributed by atoms with Crippen molar-refractivity contribution in [2.45, 2.75) is 0 Å². The van der Waals surface area contributed by atoms with Crippen molar-refractivity contribution >= 4 is 34.0 Å². The Hall–Kier alpha value is -4.72. The molecule has 0 fully saturated rings. The highest BCUT2D eigenvalue weighted by atomic mass is 16.5. The number of carbonyl (C=O) groups excluding carboxylic acids is 2. The van der Waals surface area contributed by atoms with Crippen molar-refractivity contribution in [1.29, 1.82) is 0 Å². The van der Waals surface area contributed by atoms with Gasteiger partial charge in [-0.05, 0) is 35.0 Å². The molecule has 0 radical (unpaired) electrons. The van der Waals surface area contributed by atoms with Crippen LogP contribution in [0.1, 0.15) is 10.4 Å². The van der Waals surface area contributed by atoms with Gasteiger partial charge < -0.3 is 29.6 Å². The average molecular weight is 487 g/mol. The molecular formula is C28H26N2O6. The van der Waals surface area contributed by atoms with Crippen molar-refractivity contribution in [3.8, 4) is 23.0 Å². The van der Waals surface area contributed by atoms with Crippen LogP contribution in [0.3, 0.4) is 0 Å². The highest BCUT2D eigenvalue weighted by Gasteiger charge is 2.17. The van der Waals surface area contributed by atoms with Crippen molar-refractivity contribution in [3.05, 3.63) is 84.4 Å². The molecule has 2 N–H and O–H groups in total. The van der Waals surface area contributed by atoms with Crippen molar-refractivity contribution in [1.82, 2.24) is 0 Å². The summed E-state index contributed by atoms with van der Waals surface area (Å²) in [7, 11) is 4.59. The van der Waals surface area contributed by atoms with Crippen LogP contribution >= 0.6 is 0 Å². The second-order valence-corrected chi connectivity index (χ2v) is 7.79. The summed E-state index contributed by atoms with van der Waals surface area (Å²) in [6.07, 6.45) is 0. The Morgan fingerprint density at radius 2 is 1.33 bits per heavy atom. The number of hydrogen-bond acceptors (Lipinski definition) is 6. The van der Waals surface area contributed by atoms with E-state index >= 15 is 0 Å². The molecule has 0 bridgehead atoms. The number of amides is 2. The molecule has 0 heterocycles. The number of hydrogen-bond donors (Lipinski definition) is 2. The lowest BCUT2D eigenvalue weighted by atomic mass is 10.1. The second kappa shape index (κ2) is 11.1. The zero-order valence-electron chi connectivity index (χ0n) is 20.2. The van der Waals surface area contributed by atoms with E-state index in [0.717, 1.165) is 10.8 Å². The maximum atomic E-state index is 13.2. The maximum absolute atomic E-state index is 13.2. The number of fused-ring (bicyclic) bond motifs is 1. The van der Waals surface area contributed by atoms with Gasteiger partial charge in [0, 0.05) is 23.9 Å². The summed E-state index contributed by atoms with van der Waals surface area (Å²) in [5.41, 5.74) is 1.30. The van der Waals surface area contributed by atoms with Crippen LogP contribution in [0.25, 0.3) is 10.8 Å².